The number of carbonyl (C=O) groups excluding carboxylic acids is 1. The highest BCUT2D eigenvalue weighted by atomic mass is 16.8. The van der Waals surface area contributed by atoms with Crippen LogP contribution in [-0.4, -0.2) is 145 Å². The Morgan fingerprint density at radius 3 is 2.11 bits per heavy atom. The topological polar surface area (TPSA) is 257 Å². The number of esters is 1. The van der Waals surface area contributed by atoms with Gasteiger partial charge >= 0.3 is 11.9 Å². The second kappa shape index (κ2) is 14.2. The van der Waals surface area contributed by atoms with E-state index in [-0.39, 0.29) is 37.3 Å². The molecule has 0 spiro atoms. The fraction of sp³-hybridized carbons (Fsp3) is 0.600. The molecule has 15 atom stereocenters. The number of fused-ring (bicyclic) bond motifs is 4. The summed E-state index contributed by atoms with van der Waals surface area (Å²) in [5.74, 6) is -3.73. The second-order valence-corrected chi connectivity index (χ2v) is 13.8. The quantitative estimate of drug-likeness (QED) is 0.175. The van der Waals surface area contributed by atoms with Gasteiger partial charge in [0.1, 0.15) is 42.7 Å². The Morgan fingerprint density at radius 2 is 1.44 bits per heavy atom. The lowest BCUT2D eigenvalue weighted by Gasteiger charge is -2.47. The summed E-state index contributed by atoms with van der Waals surface area (Å²) < 4.78 is 63.5. The number of carboxylic acids is 1. The summed E-state index contributed by atoms with van der Waals surface area (Å²) in [5, 5.41) is 62.9. The molecule has 6 aliphatic rings. The highest BCUT2D eigenvalue weighted by Crippen LogP contribution is 2.57. The Kier molecular flexibility index (Phi) is 9.74. The van der Waals surface area contributed by atoms with E-state index in [9.17, 15) is 40.2 Å². The third kappa shape index (κ3) is 6.08. The van der Waals surface area contributed by atoms with Gasteiger partial charge in [-0.1, -0.05) is 0 Å². The number of methoxy groups -OCH3 is 2. The van der Waals surface area contributed by atoms with Crippen LogP contribution in [0.1, 0.15) is 35.6 Å². The summed E-state index contributed by atoms with van der Waals surface area (Å²) >= 11 is 0. The maximum Gasteiger partial charge on any atom is 0.335 e. The normalized spacial score (nSPS) is 39.5. The van der Waals surface area contributed by atoms with Crippen LogP contribution >= 0.6 is 0 Å². The maximum atomic E-state index is 13.7. The molecule has 0 bridgehead atoms. The zero-order valence-corrected chi connectivity index (χ0v) is 29.1. The van der Waals surface area contributed by atoms with Gasteiger partial charge in [0, 0.05) is 11.8 Å². The lowest BCUT2D eigenvalue weighted by atomic mass is 9.66. The molecule has 1 aliphatic carbocycles. The van der Waals surface area contributed by atoms with Crippen molar-refractivity contribution in [2.45, 2.75) is 86.6 Å². The smallest absolute Gasteiger partial charge is 0.335 e. The minimum absolute atomic E-state index is 0.0183. The van der Waals surface area contributed by atoms with Gasteiger partial charge in [-0.2, -0.15) is 0 Å². The minimum Gasteiger partial charge on any atom is -0.493 e. The van der Waals surface area contributed by atoms with E-state index in [4.69, 9.17) is 52.1 Å². The number of aliphatic hydroxyl groups is 5. The molecule has 0 saturated carbocycles. The molecule has 8 rings (SSSR count). The van der Waals surface area contributed by atoms with E-state index in [1.165, 1.54) is 14.2 Å². The highest BCUT2D eigenvalue weighted by Gasteiger charge is 2.56. The zero-order chi connectivity index (χ0) is 38.2. The van der Waals surface area contributed by atoms with E-state index in [1.54, 1.807) is 31.2 Å². The minimum atomic E-state index is -1.94. The Bertz CT molecular complexity index is 1740. The molecule has 294 valence electrons. The standard InChI is InChI=1S/C35H40O19/c1-11-46-9-20-30(50-11)25(38)27(40)34(51-20)52-28-14-7-17-16(48-10-49-17)6-13(14)21(22-15(28)8-47-33(22)43)12-4-18(44-2)29(19(5-12)45-3)53-35-26(39)23(36)24(37)31(54-35)32(41)42/h4-7,11,15,20-28,30-31,34-40H,8-10H2,1-3H3,(H,41,42)/t11?,15-,20?,21+,22-,23-,24-,25?,26+,27?,28+,30?,31-,34?,35+/m0/s1. The average molecular weight is 765 g/mol. The van der Waals surface area contributed by atoms with E-state index in [0.717, 1.165) is 0 Å². The number of carboxylic acid groups (broad SMARTS) is 1. The van der Waals surface area contributed by atoms with Gasteiger partial charge in [-0.3, -0.25) is 4.79 Å². The van der Waals surface area contributed by atoms with Gasteiger partial charge in [-0.15, -0.1) is 0 Å². The molecule has 0 amide bonds. The van der Waals surface area contributed by atoms with Gasteiger partial charge < -0.3 is 82.7 Å². The summed E-state index contributed by atoms with van der Waals surface area (Å²) in [4.78, 5) is 25.4. The van der Waals surface area contributed by atoms with Crippen molar-refractivity contribution in [1.82, 2.24) is 0 Å². The third-order valence-corrected chi connectivity index (χ3v) is 10.8. The van der Waals surface area contributed by atoms with Gasteiger partial charge in [-0.25, -0.2) is 4.79 Å². The van der Waals surface area contributed by atoms with Crippen LogP contribution in [0.15, 0.2) is 24.3 Å². The van der Waals surface area contributed by atoms with Gasteiger partial charge in [-0.05, 0) is 47.9 Å². The molecule has 5 aliphatic heterocycles. The first-order valence-electron chi connectivity index (χ1n) is 17.3. The van der Waals surface area contributed by atoms with E-state index >= 15 is 0 Å². The molecule has 5 heterocycles. The van der Waals surface area contributed by atoms with Crippen LogP contribution in [0.2, 0.25) is 0 Å². The molecule has 4 fully saturated rings. The molecule has 54 heavy (non-hydrogen) atoms. The number of carbonyl (C=O) groups is 2. The molecule has 6 N–H and O–H groups in total. The first-order valence-corrected chi connectivity index (χ1v) is 17.3. The van der Waals surface area contributed by atoms with Gasteiger partial charge in [0.05, 0.1) is 39.5 Å². The van der Waals surface area contributed by atoms with E-state index in [2.05, 4.69) is 0 Å². The Hall–Kier alpha value is -4.02. The molecular formula is C35H40O19. The van der Waals surface area contributed by atoms with Crippen molar-refractivity contribution >= 4 is 11.9 Å². The Morgan fingerprint density at radius 1 is 0.778 bits per heavy atom. The molecule has 0 radical (unpaired) electrons. The number of benzene rings is 2. The molecule has 6 unspecified atom stereocenters. The van der Waals surface area contributed by atoms with Gasteiger partial charge in [0.25, 0.3) is 0 Å². The first-order chi connectivity index (χ1) is 25.9. The van der Waals surface area contributed by atoms with Crippen molar-refractivity contribution in [3.8, 4) is 28.7 Å². The number of hydrogen-bond donors (Lipinski definition) is 6. The lowest BCUT2D eigenvalue weighted by Crippen LogP contribution is -2.63. The van der Waals surface area contributed by atoms with Crippen LogP contribution < -0.4 is 23.7 Å². The number of hydrogen-bond acceptors (Lipinski definition) is 18. The van der Waals surface area contributed by atoms with Gasteiger partial charge in [0.2, 0.25) is 18.8 Å². The maximum absolute atomic E-state index is 13.7. The summed E-state index contributed by atoms with van der Waals surface area (Å²) in [5.41, 5.74) is 1.60. The number of aliphatic carboxylic acids is 1. The molecule has 4 saturated heterocycles. The van der Waals surface area contributed by atoms with E-state index in [0.29, 0.717) is 28.2 Å². The summed E-state index contributed by atoms with van der Waals surface area (Å²) in [6, 6.07) is 6.57. The van der Waals surface area contributed by atoms with Crippen molar-refractivity contribution in [3.63, 3.8) is 0 Å². The van der Waals surface area contributed by atoms with Crippen molar-refractivity contribution in [1.29, 1.82) is 0 Å². The van der Waals surface area contributed by atoms with Crippen LogP contribution in [0.5, 0.6) is 28.7 Å². The van der Waals surface area contributed by atoms with Crippen molar-refractivity contribution < 1.29 is 92.3 Å². The van der Waals surface area contributed by atoms with Crippen molar-refractivity contribution in [3.05, 3.63) is 41.0 Å². The Labute approximate surface area is 306 Å². The first kappa shape index (κ1) is 36.9. The third-order valence-electron chi connectivity index (χ3n) is 10.8. The number of cyclic esters (lactones) is 1. The van der Waals surface area contributed by atoms with Crippen molar-refractivity contribution in [2.24, 2.45) is 11.8 Å². The predicted molar refractivity (Wildman–Crippen MR) is 172 cm³/mol. The van der Waals surface area contributed by atoms with Crippen LogP contribution in [0.4, 0.5) is 0 Å². The van der Waals surface area contributed by atoms with Gasteiger partial charge in [0.15, 0.2) is 41.7 Å². The average Bonchev–Trinajstić information content (AvgIpc) is 3.79. The molecule has 2 aromatic rings. The zero-order valence-electron chi connectivity index (χ0n) is 29.1. The summed E-state index contributed by atoms with van der Waals surface area (Å²) in [6.45, 7) is 1.64. The molecule has 0 aromatic heterocycles. The highest BCUT2D eigenvalue weighted by molar-refractivity contribution is 5.79. The number of rotatable bonds is 8. The molecular weight excluding hydrogens is 724 g/mol. The van der Waals surface area contributed by atoms with E-state index < -0.39 is 103 Å². The fourth-order valence-electron chi connectivity index (χ4n) is 8.10. The van der Waals surface area contributed by atoms with Crippen LogP contribution in [0.3, 0.4) is 0 Å². The van der Waals surface area contributed by atoms with E-state index in [1.807, 2.05) is 0 Å². The Balaban J connectivity index is 1.17. The summed E-state index contributed by atoms with van der Waals surface area (Å²) in [7, 11) is 2.65. The van der Waals surface area contributed by atoms with Crippen LogP contribution in [-0.2, 0) is 38.0 Å². The second-order valence-electron chi connectivity index (χ2n) is 13.8. The SMILES string of the molecule is COc1cc([C@@H]2c3cc4c(cc3[C@@H](OC3OC5COC(C)OC5C(O)C3O)[C@H]3COC(=O)[C@H]23)OCO4)cc(OC)c1O[C@@H]1O[C@H](C(=O)O)[C@@H](O)[C@H](O)[C@H]1O. The molecule has 19 heteroatoms. The summed E-state index contributed by atoms with van der Waals surface area (Å²) in [6.07, 6.45) is -16.8. The van der Waals surface area contributed by atoms with Crippen molar-refractivity contribution in [2.75, 3.05) is 34.2 Å². The number of aliphatic hydroxyl groups excluding tert-OH is 5. The largest absolute Gasteiger partial charge is 0.493 e. The number of ether oxygens (including phenoxy) is 11. The fourth-order valence-corrected chi connectivity index (χ4v) is 8.10. The predicted octanol–water partition coefficient (Wildman–Crippen LogP) is -1.10. The molecule has 2 aromatic carbocycles. The van der Waals surface area contributed by atoms with Crippen LogP contribution in [0.25, 0.3) is 0 Å². The van der Waals surface area contributed by atoms with Crippen LogP contribution in [0, 0.1) is 11.8 Å². The monoisotopic (exact) mass is 764 g/mol. The molecule has 19 nitrogen and oxygen atoms in total. The lowest BCUT2D eigenvalue weighted by molar-refractivity contribution is -0.364.